The number of anilines is 1. The highest BCUT2D eigenvalue weighted by Crippen LogP contribution is 2.55. The predicted molar refractivity (Wildman–Crippen MR) is 147 cm³/mol. The van der Waals surface area contributed by atoms with E-state index in [1.165, 1.54) is 12.8 Å². The molecule has 0 unspecified atom stereocenters. The third-order valence-corrected chi connectivity index (χ3v) is 9.62. The zero-order chi connectivity index (χ0) is 26.3. The first-order chi connectivity index (χ1) is 18.5. The quantitative estimate of drug-likeness (QED) is 0.479. The SMILES string of the molecule is O=C(Nc1ccc(Br)cc1)[C@H]1[C@@H]2C=C[C@]3(O2)[C@@H]1C(=O)N(CCN1CCCCC1)[C@H]3C(=O)NC1CCCCC1. The van der Waals surface area contributed by atoms with Gasteiger partial charge in [-0.1, -0.05) is 53.8 Å². The van der Waals surface area contributed by atoms with E-state index in [1.807, 2.05) is 36.4 Å². The average Bonchev–Trinajstić information content (AvgIpc) is 3.57. The van der Waals surface area contributed by atoms with Crippen molar-refractivity contribution in [1.82, 2.24) is 15.1 Å². The van der Waals surface area contributed by atoms with Gasteiger partial charge >= 0.3 is 0 Å². The van der Waals surface area contributed by atoms with Gasteiger partial charge in [0.1, 0.15) is 11.6 Å². The maximum Gasteiger partial charge on any atom is 0.246 e. The summed E-state index contributed by atoms with van der Waals surface area (Å²) < 4.78 is 7.39. The third kappa shape index (κ3) is 4.71. The summed E-state index contributed by atoms with van der Waals surface area (Å²) in [7, 11) is 0. The lowest BCUT2D eigenvalue weighted by Gasteiger charge is -2.35. The number of rotatable bonds is 7. The normalized spacial score (nSPS) is 33.0. The van der Waals surface area contributed by atoms with Gasteiger partial charge in [0, 0.05) is 29.3 Å². The van der Waals surface area contributed by atoms with Gasteiger partial charge in [-0.15, -0.1) is 0 Å². The second-order valence-electron chi connectivity index (χ2n) is 11.5. The monoisotopic (exact) mass is 584 g/mol. The molecule has 8 nitrogen and oxygen atoms in total. The van der Waals surface area contributed by atoms with Crippen molar-refractivity contribution in [3.8, 4) is 0 Å². The molecule has 3 saturated heterocycles. The van der Waals surface area contributed by atoms with Crippen LogP contribution in [0.25, 0.3) is 0 Å². The van der Waals surface area contributed by atoms with Crippen molar-refractivity contribution in [1.29, 1.82) is 0 Å². The molecular weight excluding hydrogens is 548 g/mol. The van der Waals surface area contributed by atoms with Crippen LogP contribution in [-0.2, 0) is 19.1 Å². The minimum Gasteiger partial charge on any atom is -0.359 e. The number of ether oxygens (including phenoxy) is 1. The van der Waals surface area contributed by atoms with Crippen LogP contribution in [0, 0.1) is 11.8 Å². The van der Waals surface area contributed by atoms with Gasteiger partial charge in [0.15, 0.2) is 0 Å². The van der Waals surface area contributed by atoms with Gasteiger partial charge in [-0.3, -0.25) is 14.4 Å². The number of likely N-dealkylation sites (tertiary alicyclic amines) is 2. The number of amides is 3. The zero-order valence-electron chi connectivity index (χ0n) is 21.7. The Morgan fingerprint density at radius 3 is 2.42 bits per heavy atom. The van der Waals surface area contributed by atoms with E-state index in [-0.39, 0.29) is 23.8 Å². The van der Waals surface area contributed by atoms with Crippen molar-refractivity contribution >= 4 is 39.3 Å². The molecule has 5 atom stereocenters. The highest BCUT2D eigenvalue weighted by molar-refractivity contribution is 9.10. The molecule has 0 radical (unpaired) electrons. The molecule has 2 N–H and O–H groups in total. The second kappa shape index (κ2) is 10.7. The molecule has 204 valence electrons. The van der Waals surface area contributed by atoms with Gasteiger partial charge < -0.3 is 25.2 Å². The fraction of sp³-hybridized carbons (Fsp3) is 0.621. The van der Waals surface area contributed by atoms with Crippen LogP contribution in [0.3, 0.4) is 0 Å². The highest BCUT2D eigenvalue weighted by Gasteiger charge is 2.72. The Balaban J connectivity index is 1.26. The highest BCUT2D eigenvalue weighted by atomic mass is 79.9. The fourth-order valence-electron chi connectivity index (χ4n) is 7.23. The van der Waals surface area contributed by atoms with E-state index >= 15 is 0 Å². The molecular formula is C29H37BrN4O4. The van der Waals surface area contributed by atoms with Crippen LogP contribution >= 0.6 is 15.9 Å². The third-order valence-electron chi connectivity index (χ3n) is 9.09. The molecule has 3 amide bonds. The van der Waals surface area contributed by atoms with Gasteiger partial charge in [-0.2, -0.15) is 0 Å². The Bertz CT molecular complexity index is 1100. The van der Waals surface area contributed by atoms with Crippen LogP contribution in [0.4, 0.5) is 5.69 Å². The molecule has 38 heavy (non-hydrogen) atoms. The van der Waals surface area contributed by atoms with Gasteiger partial charge in [0.25, 0.3) is 0 Å². The van der Waals surface area contributed by atoms with Crippen molar-refractivity contribution in [3.63, 3.8) is 0 Å². The van der Waals surface area contributed by atoms with Crippen LogP contribution in [0.1, 0.15) is 51.4 Å². The Hall–Kier alpha value is -2.23. The van der Waals surface area contributed by atoms with Crippen LogP contribution in [0.2, 0.25) is 0 Å². The Morgan fingerprint density at radius 2 is 1.68 bits per heavy atom. The molecule has 2 bridgehead atoms. The number of nitrogens with one attached hydrogen (secondary N) is 2. The largest absolute Gasteiger partial charge is 0.359 e. The summed E-state index contributed by atoms with van der Waals surface area (Å²) in [6.45, 7) is 3.23. The smallest absolute Gasteiger partial charge is 0.246 e. The number of halogens is 1. The molecule has 9 heteroatoms. The Labute approximate surface area is 232 Å². The number of hydrogen-bond donors (Lipinski definition) is 2. The average molecular weight is 586 g/mol. The number of carbonyl (C=O) groups excluding carboxylic acids is 3. The number of piperidine rings is 1. The van der Waals surface area contributed by atoms with E-state index in [2.05, 4.69) is 31.5 Å². The van der Waals surface area contributed by atoms with Crippen LogP contribution < -0.4 is 10.6 Å². The number of carbonyl (C=O) groups is 3. The molecule has 4 fully saturated rings. The summed E-state index contributed by atoms with van der Waals surface area (Å²) in [5.74, 6) is -1.93. The van der Waals surface area contributed by atoms with Crippen molar-refractivity contribution in [3.05, 3.63) is 40.9 Å². The summed E-state index contributed by atoms with van der Waals surface area (Å²) in [6.07, 6.45) is 12.2. The first-order valence-corrected chi connectivity index (χ1v) is 15.0. The van der Waals surface area contributed by atoms with Gasteiger partial charge in [-0.25, -0.2) is 0 Å². The number of fused-ring (bicyclic) bond motifs is 1. The summed E-state index contributed by atoms with van der Waals surface area (Å²) in [6, 6.07) is 6.74. The van der Waals surface area contributed by atoms with Crippen LogP contribution in [0.15, 0.2) is 40.9 Å². The standard InChI is InChI=1S/C29H37BrN4O4/c30-19-9-11-21(12-10-19)31-26(35)23-22-13-14-29(38-22)24(23)28(37)34(18-17-33-15-5-2-6-16-33)25(29)27(36)32-20-7-3-1-4-8-20/h9-14,20,22-25H,1-8,15-18H2,(H,31,35)(H,32,36)/t22-,23-,24-,25-,29-/m0/s1. The number of benzene rings is 1. The van der Waals surface area contributed by atoms with Crippen molar-refractivity contribution in [2.75, 3.05) is 31.5 Å². The molecule has 4 aliphatic heterocycles. The van der Waals surface area contributed by atoms with Gasteiger partial charge in [-0.05, 0) is 63.0 Å². The first kappa shape index (κ1) is 26.0. The van der Waals surface area contributed by atoms with Crippen molar-refractivity contribution < 1.29 is 19.1 Å². The maximum absolute atomic E-state index is 14.1. The number of hydrogen-bond acceptors (Lipinski definition) is 5. The van der Waals surface area contributed by atoms with E-state index < -0.39 is 29.6 Å². The topological polar surface area (TPSA) is 91.0 Å². The van der Waals surface area contributed by atoms with E-state index in [0.717, 1.165) is 62.6 Å². The molecule has 4 heterocycles. The first-order valence-electron chi connectivity index (χ1n) is 14.2. The minimum absolute atomic E-state index is 0.129. The number of nitrogens with zero attached hydrogens (tertiary/aromatic N) is 2. The van der Waals surface area contributed by atoms with E-state index in [0.29, 0.717) is 12.2 Å². The lowest BCUT2D eigenvalue weighted by Crippen LogP contribution is -2.57. The van der Waals surface area contributed by atoms with Crippen LogP contribution in [-0.4, -0.2) is 77.5 Å². The lowest BCUT2D eigenvalue weighted by atomic mass is 9.74. The zero-order valence-corrected chi connectivity index (χ0v) is 23.3. The fourth-order valence-corrected chi connectivity index (χ4v) is 7.49. The van der Waals surface area contributed by atoms with Crippen LogP contribution in [0.5, 0.6) is 0 Å². The minimum atomic E-state index is -1.11. The Morgan fingerprint density at radius 1 is 0.974 bits per heavy atom. The van der Waals surface area contributed by atoms with Crippen molar-refractivity contribution in [2.45, 2.75) is 75.2 Å². The van der Waals surface area contributed by atoms with E-state index in [1.54, 1.807) is 4.90 Å². The van der Waals surface area contributed by atoms with Gasteiger partial charge in [0.2, 0.25) is 17.7 Å². The molecule has 6 rings (SSSR count). The summed E-state index contributed by atoms with van der Waals surface area (Å²) >= 11 is 3.42. The molecule has 5 aliphatic rings. The molecule has 1 aliphatic carbocycles. The van der Waals surface area contributed by atoms with Gasteiger partial charge in [0.05, 0.1) is 17.9 Å². The molecule has 1 aromatic rings. The van der Waals surface area contributed by atoms with E-state index in [9.17, 15) is 14.4 Å². The van der Waals surface area contributed by atoms with E-state index in [4.69, 9.17) is 4.74 Å². The lowest BCUT2D eigenvalue weighted by molar-refractivity contribution is -0.141. The second-order valence-corrected chi connectivity index (χ2v) is 12.4. The summed E-state index contributed by atoms with van der Waals surface area (Å²) in [5, 5.41) is 6.24. The molecule has 1 spiro atoms. The maximum atomic E-state index is 14.1. The molecule has 1 aromatic carbocycles. The molecule has 0 aromatic heterocycles. The predicted octanol–water partition coefficient (Wildman–Crippen LogP) is 3.47. The van der Waals surface area contributed by atoms with Crippen molar-refractivity contribution in [2.24, 2.45) is 11.8 Å². The summed E-state index contributed by atoms with van der Waals surface area (Å²) in [5.41, 5.74) is -0.442. The summed E-state index contributed by atoms with van der Waals surface area (Å²) in [4.78, 5) is 45.7. The Kier molecular flexibility index (Phi) is 7.35. The molecule has 1 saturated carbocycles.